The summed E-state index contributed by atoms with van der Waals surface area (Å²) >= 11 is 6.26. The lowest BCUT2D eigenvalue weighted by Gasteiger charge is -2.30. The fraction of sp³-hybridized carbons (Fsp3) is 0.385. The van der Waals surface area contributed by atoms with Gasteiger partial charge in [0.25, 0.3) is 0 Å². The van der Waals surface area contributed by atoms with E-state index in [1.807, 2.05) is 74.2 Å². The molecule has 0 radical (unpaired) electrons. The highest BCUT2D eigenvalue weighted by molar-refractivity contribution is 6.30. The summed E-state index contributed by atoms with van der Waals surface area (Å²) in [6, 6.07) is 14.9. The van der Waals surface area contributed by atoms with E-state index in [-0.39, 0.29) is 17.9 Å². The topological polar surface area (TPSA) is 56.6 Å². The smallest absolute Gasteiger partial charge is 0.227 e. The predicted molar refractivity (Wildman–Crippen MR) is 132 cm³/mol. The van der Waals surface area contributed by atoms with Gasteiger partial charge in [-0.15, -0.1) is 0 Å². The van der Waals surface area contributed by atoms with Crippen molar-refractivity contribution in [3.8, 4) is 23.1 Å². The van der Waals surface area contributed by atoms with Crippen molar-refractivity contribution in [3.05, 3.63) is 64.8 Å². The quantitative estimate of drug-likeness (QED) is 0.363. The molecule has 0 bridgehead atoms. The monoisotopic (exact) mass is 469 g/mol. The molecule has 1 amide bonds. The number of carbonyl (C=O) groups is 1. The van der Waals surface area contributed by atoms with Crippen LogP contribution in [-0.4, -0.2) is 33.7 Å². The molecule has 1 unspecified atom stereocenters. The fourth-order valence-corrected chi connectivity index (χ4v) is 3.72. The van der Waals surface area contributed by atoms with Gasteiger partial charge in [-0.25, -0.2) is 4.68 Å². The zero-order chi connectivity index (χ0) is 24.1. The Bertz CT molecular complexity index is 1090. The van der Waals surface area contributed by atoms with E-state index < -0.39 is 0 Å². The normalized spacial score (nSPS) is 12.0. The van der Waals surface area contributed by atoms with Crippen LogP contribution in [0.3, 0.4) is 0 Å². The second kappa shape index (κ2) is 10.8. The van der Waals surface area contributed by atoms with E-state index >= 15 is 0 Å². The summed E-state index contributed by atoms with van der Waals surface area (Å²) in [6.07, 6.45) is 0.856. The number of ether oxygens (including phenoxy) is 2. The molecule has 6 nitrogen and oxygen atoms in total. The van der Waals surface area contributed by atoms with Crippen LogP contribution in [0, 0.1) is 12.8 Å². The molecule has 0 N–H and O–H groups in total. The summed E-state index contributed by atoms with van der Waals surface area (Å²) in [6.45, 7) is 10.3. The molecule has 0 fully saturated rings. The van der Waals surface area contributed by atoms with Crippen LogP contribution in [0.1, 0.15) is 45.4 Å². The number of aryl methyl sites for hydroxylation is 1. The van der Waals surface area contributed by atoms with Crippen LogP contribution in [0.2, 0.25) is 5.02 Å². The van der Waals surface area contributed by atoms with Gasteiger partial charge in [-0.2, -0.15) is 5.10 Å². The van der Waals surface area contributed by atoms with Crippen molar-refractivity contribution in [2.45, 2.75) is 53.6 Å². The van der Waals surface area contributed by atoms with Gasteiger partial charge in [0.15, 0.2) is 0 Å². The molecule has 0 spiro atoms. The first-order chi connectivity index (χ1) is 15.7. The maximum absolute atomic E-state index is 13.0. The van der Waals surface area contributed by atoms with Crippen LogP contribution in [0.5, 0.6) is 17.4 Å². The van der Waals surface area contributed by atoms with Crippen molar-refractivity contribution in [2.24, 2.45) is 5.92 Å². The third-order valence-corrected chi connectivity index (χ3v) is 5.93. The highest BCUT2D eigenvalue weighted by Gasteiger charge is 2.27. The first-order valence-corrected chi connectivity index (χ1v) is 11.6. The minimum absolute atomic E-state index is 0.0858. The first kappa shape index (κ1) is 24.6. The summed E-state index contributed by atoms with van der Waals surface area (Å²) in [5.41, 5.74) is 2.44. The highest BCUT2D eigenvalue weighted by Crippen LogP contribution is 2.33. The van der Waals surface area contributed by atoms with Crippen molar-refractivity contribution >= 4 is 17.5 Å². The molecule has 0 aliphatic carbocycles. The number of nitrogens with zero attached hydrogens (tertiary/aromatic N) is 3. The third-order valence-electron chi connectivity index (χ3n) is 5.69. The van der Waals surface area contributed by atoms with Crippen LogP contribution in [-0.2, 0) is 11.3 Å². The van der Waals surface area contributed by atoms with Gasteiger partial charge in [0, 0.05) is 17.0 Å². The largest absolute Gasteiger partial charge is 0.497 e. The second-order valence-corrected chi connectivity index (χ2v) is 8.85. The predicted octanol–water partition coefficient (Wildman–Crippen LogP) is 6.42. The first-order valence-electron chi connectivity index (χ1n) is 11.2. The summed E-state index contributed by atoms with van der Waals surface area (Å²) in [5, 5.41) is 5.37. The number of carbonyl (C=O) groups excluding carboxylic acids is 1. The summed E-state index contributed by atoms with van der Waals surface area (Å²) in [7, 11) is 1.63. The number of aromatic nitrogens is 2. The van der Waals surface area contributed by atoms with Crippen molar-refractivity contribution in [3.63, 3.8) is 0 Å². The molecular formula is C26H32ClN3O3. The van der Waals surface area contributed by atoms with Crippen LogP contribution in [0.25, 0.3) is 5.69 Å². The molecular weight excluding hydrogens is 438 g/mol. The fourth-order valence-electron chi connectivity index (χ4n) is 3.54. The van der Waals surface area contributed by atoms with Crippen molar-refractivity contribution in [2.75, 3.05) is 7.11 Å². The lowest BCUT2D eigenvalue weighted by atomic mass is 10.1. The highest BCUT2D eigenvalue weighted by atomic mass is 35.5. The van der Waals surface area contributed by atoms with E-state index in [0.29, 0.717) is 23.2 Å². The molecule has 33 heavy (non-hydrogen) atoms. The van der Waals surface area contributed by atoms with Crippen LogP contribution in [0.4, 0.5) is 0 Å². The number of hydrogen-bond acceptors (Lipinski definition) is 4. The Morgan fingerprint density at radius 2 is 1.79 bits per heavy atom. The van der Waals surface area contributed by atoms with Gasteiger partial charge >= 0.3 is 0 Å². The Kier molecular flexibility index (Phi) is 8.03. The van der Waals surface area contributed by atoms with E-state index in [2.05, 4.69) is 13.8 Å². The molecule has 1 heterocycles. The van der Waals surface area contributed by atoms with E-state index in [4.69, 9.17) is 26.2 Å². The van der Waals surface area contributed by atoms with Crippen molar-refractivity contribution in [1.82, 2.24) is 14.7 Å². The molecule has 0 saturated carbocycles. The van der Waals surface area contributed by atoms with Crippen molar-refractivity contribution in [1.29, 1.82) is 0 Å². The van der Waals surface area contributed by atoms with Crippen LogP contribution >= 0.6 is 11.6 Å². The minimum Gasteiger partial charge on any atom is -0.497 e. The van der Waals surface area contributed by atoms with E-state index in [9.17, 15) is 4.79 Å². The molecule has 0 aliphatic rings. The van der Waals surface area contributed by atoms with E-state index in [0.717, 1.165) is 29.1 Å². The van der Waals surface area contributed by atoms with Gasteiger partial charge in [-0.05, 0) is 62.7 Å². The molecule has 1 atom stereocenters. The molecule has 2 aromatic carbocycles. The van der Waals surface area contributed by atoms with E-state index in [1.54, 1.807) is 11.8 Å². The average molecular weight is 470 g/mol. The molecule has 0 saturated heterocycles. The molecule has 7 heteroatoms. The number of halogens is 1. The number of rotatable bonds is 9. The Balaban J connectivity index is 2.10. The average Bonchev–Trinajstić information content (AvgIpc) is 3.11. The molecule has 3 rings (SSSR count). The molecule has 0 aliphatic heterocycles. The minimum atomic E-state index is -0.103. The van der Waals surface area contributed by atoms with Gasteiger partial charge < -0.3 is 14.4 Å². The Labute approximate surface area is 201 Å². The zero-order valence-corrected chi connectivity index (χ0v) is 20.9. The molecule has 1 aromatic heterocycles. The summed E-state index contributed by atoms with van der Waals surface area (Å²) < 4.78 is 13.4. The van der Waals surface area contributed by atoms with Gasteiger partial charge in [0.2, 0.25) is 11.8 Å². The number of benzene rings is 2. The van der Waals surface area contributed by atoms with Crippen molar-refractivity contribution < 1.29 is 14.3 Å². The van der Waals surface area contributed by atoms with Gasteiger partial charge in [0.1, 0.15) is 11.5 Å². The SMILES string of the molecule is CCC(C)N(Cc1c(C)nn(-c2cccc(Cl)c2)c1Oc1ccc(OC)cc1)C(=O)C(C)C. The maximum atomic E-state index is 13.0. The summed E-state index contributed by atoms with van der Waals surface area (Å²) in [5.74, 6) is 1.95. The number of hydrogen-bond donors (Lipinski definition) is 0. The Morgan fingerprint density at radius 3 is 2.36 bits per heavy atom. The zero-order valence-electron chi connectivity index (χ0n) is 20.1. The molecule has 176 valence electrons. The van der Waals surface area contributed by atoms with Gasteiger partial charge in [-0.3, -0.25) is 4.79 Å². The standard InChI is InChI=1S/C26H32ClN3O3/c1-7-18(4)29(25(31)17(2)3)16-24-19(5)28-30(21-10-8-9-20(27)15-21)26(24)33-23-13-11-22(32-6)12-14-23/h8-15,17-18H,7,16H2,1-6H3. The lowest BCUT2D eigenvalue weighted by Crippen LogP contribution is -2.40. The van der Waals surface area contributed by atoms with Gasteiger partial charge in [0.05, 0.1) is 30.6 Å². The van der Waals surface area contributed by atoms with E-state index in [1.165, 1.54) is 0 Å². The van der Waals surface area contributed by atoms with Gasteiger partial charge in [-0.1, -0.05) is 38.4 Å². The number of amides is 1. The van der Waals surface area contributed by atoms with Crippen LogP contribution < -0.4 is 9.47 Å². The Morgan fingerprint density at radius 1 is 1.12 bits per heavy atom. The molecule has 3 aromatic rings. The second-order valence-electron chi connectivity index (χ2n) is 8.42. The number of methoxy groups -OCH3 is 1. The maximum Gasteiger partial charge on any atom is 0.227 e. The van der Waals surface area contributed by atoms with Crippen LogP contribution in [0.15, 0.2) is 48.5 Å². The lowest BCUT2D eigenvalue weighted by molar-refractivity contribution is -0.137. The summed E-state index contributed by atoms with van der Waals surface area (Å²) in [4.78, 5) is 15.0. The third kappa shape index (κ3) is 5.69. The Hall–Kier alpha value is -2.99.